The lowest BCUT2D eigenvalue weighted by Crippen LogP contribution is -2.61. The third-order valence-electron chi connectivity index (χ3n) is 4.92. The molecule has 2 heterocycles. The molecule has 2 fully saturated rings. The van der Waals surface area contributed by atoms with Crippen molar-refractivity contribution in [3.8, 4) is 0 Å². The fourth-order valence-electron chi connectivity index (χ4n) is 3.81. The maximum atomic E-state index is 4.41. The van der Waals surface area contributed by atoms with Gasteiger partial charge in [-0.1, -0.05) is 19.3 Å². The number of hydrogen-bond acceptors (Lipinski definition) is 3. The Balaban J connectivity index is 1.77. The summed E-state index contributed by atoms with van der Waals surface area (Å²) in [6.07, 6.45) is 8.87. The van der Waals surface area contributed by atoms with Crippen LogP contribution in [-0.2, 0) is 13.1 Å². The topological polar surface area (TPSA) is 33.1 Å². The standard InChI is InChI=1S/C15H26N4/c1-2-19-14(6-9-17-19)12-18-11-10-16-13-15(18)7-4-3-5-8-15/h6,9,16H,2-5,7-8,10-13H2,1H3. The quantitative estimate of drug-likeness (QED) is 0.904. The molecule has 2 aliphatic rings. The molecule has 1 saturated carbocycles. The van der Waals surface area contributed by atoms with E-state index in [4.69, 9.17) is 0 Å². The van der Waals surface area contributed by atoms with E-state index < -0.39 is 0 Å². The molecule has 0 bridgehead atoms. The zero-order valence-corrected chi connectivity index (χ0v) is 12.1. The maximum Gasteiger partial charge on any atom is 0.0524 e. The molecule has 106 valence electrons. The van der Waals surface area contributed by atoms with Gasteiger partial charge in [0.2, 0.25) is 0 Å². The predicted octanol–water partition coefficient (Wildman–Crippen LogP) is 2.01. The van der Waals surface area contributed by atoms with Gasteiger partial charge >= 0.3 is 0 Å². The minimum atomic E-state index is 0.416. The second-order valence-corrected chi connectivity index (χ2v) is 6.02. The second kappa shape index (κ2) is 5.63. The van der Waals surface area contributed by atoms with E-state index in [0.717, 1.165) is 19.6 Å². The van der Waals surface area contributed by atoms with Crippen LogP contribution in [0.15, 0.2) is 12.3 Å². The number of piperazine rings is 1. The predicted molar refractivity (Wildman–Crippen MR) is 77.0 cm³/mol. The van der Waals surface area contributed by atoms with Gasteiger partial charge in [0.25, 0.3) is 0 Å². The lowest BCUT2D eigenvalue weighted by molar-refractivity contribution is 0.0189. The Morgan fingerprint density at radius 3 is 2.95 bits per heavy atom. The maximum absolute atomic E-state index is 4.41. The summed E-state index contributed by atoms with van der Waals surface area (Å²) in [4.78, 5) is 2.73. The Hall–Kier alpha value is -0.870. The van der Waals surface area contributed by atoms with E-state index >= 15 is 0 Å². The lowest BCUT2D eigenvalue weighted by atomic mass is 9.79. The highest BCUT2D eigenvalue weighted by Crippen LogP contribution is 2.35. The van der Waals surface area contributed by atoms with Crippen molar-refractivity contribution in [2.24, 2.45) is 0 Å². The van der Waals surface area contributed by atoms with E-state index in [1.807, 2.05) is 6.20 Å². The first kappa shape index (κ1) is 13.1. The van der Waals surface area contributed by atoms with Crippen molar-refractivity contribution in [1.82, 2.24) is 20.0 Å². The molecule has 0 atom stereocenters. The van der Waals surface area contributed by atoms with Crippen LogP contribution >= 0.6 is 0 Å². The van der Waals surface area contributed by atoms with Gasteiger partial charge in [-0.2, -0.15) is 5.10 Å². The number of nitrogens with one attached hydrogen (secondary N) is 1. The van der Waals surface area contributed by atoms with Crippen LogP contribution in [0.5, 0.6) is 0 Å². The minimum absolute atomic E-state index is 0.416. The van der Waals surface area contributed by atoms with Crippen LogP contribution in [0.25, 0.3) is 0 Å². The molecule has 19 heavy (non-hydrogen) atoms. The summed E-state index contributed by atoms with van der Waals surface area (Å²) in [5.41, 5.74) is 1.79. The van der Waals surface area contributed by atoms with Crippen molar-refractivity contribution >= 4 is 0 Å². The van der Waals surface area contributed by atoms with E-state index in [-0.39, 0.29) is 0 Å². The van der Waals surface area contributed by atoms with Crippen LogP contribution in [0.2, 0.25) is 0 Å². The Bertz CT molecular complexity index is 398. The number of aromatic nitrogens is 2. The number of rotatable bonds is 3. The lowest BCUT2D eigenvalue weighted by Gasteiger charge is -2.50. The minimum Gasteiger partial charge on any atom is -0.314 e. The van der Waals surface area contributed by atoms with Crippen molar-refractivity contribution in [3.05, 3.63) is 18.0 Å². The van der Waals surface area contributed by atoms with Gasteiger partial charge in [0, 0.05) is 44.5 Å². The van der Waals surface area contributed by atoms with Gasteiger partial charge in [-0.3, -0.25) is 9.58 Å². The van der Waals surface area contributed by atoms with Crippen molar-refractivity contribution in [1.29, 1.82) is 0 Å². The Morgan fingerprint density at radius 2 is 2.16 bits per heavy atom. The van der Waals surface area contributed by atoms with Gasteiger partial charge < -0.3 is 5.32 Å². The fraction of sp³-hybridized carbons (Fsp3) is 0.800. The molecule has 1 saturated heterocycles. The molecule has 0 amide bonds. The van der Waals surface area contributed by atoms with Gasteiger partial charge in [-0.25, -0.2) is 0 Å². The summed E-state index contributed by atoms with van der Waals surface area (Å²) in [7, 11) is 0. The van der Waals surface area contributed by atoms with E-state index in [9.17, 15) is 0 Å². The average molecular weight is 262 g/mol. The number of nitrogens with zero attached hydrogens (tertiary/aromatic N) is 3. The number of aryl methyl sites for hydroxylation is 1. The van der Waals surface area contributed by atoms with Gasteiger partial charge in [-0.05, 0) is 25.8 Å². The molecule has 1 aliphatic heterocycles. The largest absolute Gasteiger partial charge is 0.314 e. The summed E-state index contributed by atoms with van der Waals surface area (Å²) in [6, 6.07) is 2.18. The molecular formula is C15H26N4. The van der Waals surface area contributed by atoms with Crippen molar-refractivity contribution in [2.75, 3.05) is 19.6 Å². The molecule has 0 radical (unpaired) electrons. The van der Waals surface area contributed by atoms with Crippen molar-refractivity contribution in [2.45, 2.75) is 57.7 Å². The Labute approximate surface area is 116 Å². The molecule has 1 aromatic heterocycles. The molecule has 4 heteroatoms. The average Bonchev–Trinajstić information content (AvgIpc) is 2.90. The fourth-order valence-corrected chi connectivity index (χ4v) is 3.81. The zero-order valence-electron chi connectivity index (χ0n) is 12.1. The monoisotopic (exact) mass is 262 g/mol. The summed E-state index contributed by atoms with van der Waals surface area (Å²) >= 11 is 0. The summed E-state index contributed by atoms with van der Waals surface area (Å²) < 4.78 is 2.14. The van der Waals surface area contributed by atoms with Gasteiger partial charge in [0.15, 0.2) is 0 Å². The van der Waals surface area contributed by atoms with Crippen LogP contribution in [-0.4, -0.2) is 39.9 Å². The van der Waals surface area contributed by atoms with E-state index in [0.29, 0.717) is 5.54 Å². The molecule has 3 rings (SSSR count). The first-order chi connectivity index (χ1) is 9.34. The van der Waals surface area contributed by atoms with Crippen molar-refractivity contribution in [3.63, 3.8) is 0 Å². The molecule has 1 spiro atoms. The van der Waals surface area contributed by atoms with Crippen LogP contribution in [0.1, 0.15) is 44.7 Å². The van der Waals surface area contributed by atoms with Crippen LogP contribution in [0.4, 0.5) is 0 Å². The third kappa shape index (κ3) is 2.56. The van der Waals surface area contributed by atoms with Gasteiger partial charge in [0.1, 0.15) is 0 Å². The van der Waals surface area contributed by atoms with Crippen LogP contribution in [0.3, 0.4) is 0 Å². The summed E-state index contributed by atoms with van der Waals surface area (Å²) in [5.74, 6) is 0. The highest BCUT2D eigenvalue weighted by atomic mass is 15.3. The molecule has 4 nitrogen and oxygen atoms in total. The molecule has 0 unspecified atom stereocenters. The Kier molecular flexibility index (Phi) is 3.89. The molecule has 1 aromatic rings. The zero-order chi connectivity index (χ0) is 13.1. The molecule has 0 aromatic carbocycles. The van der Waals surface area contributed by atoms with Gasteiger partial charge in [0.05, 0.1) is 5.69 Å². The highest BCUT2D eigenvalue weighted by molar-refractivity contribution is 5.05. The van der Waals surface area contributed by atoms with E-state index in [2.05, 4.69) is 33.0 Å². The Morgan fingerprint density at radius 1 is 1.32 bits per heavy atom. The second-order valence-electron chi connectivity index (χ2n) is 6.02. The van der Waals surface area contributed by atoms with E-state index in [1.54, 1.807) is 0 Å². The van der Waals surface area contributed by atoms with Crippen LogP contribution in [0, 0.1) is 0 Å². The van der Waals surface area contributed by atoms with Gasteiger partial charge in [-0.15, -0.1) is 0 Å². The molecule has 1 N–H and O–H groups in total. The van der Waals surface area contributed by atoms with Crippen LogP contribution < -0.4 is 5.32 Å². The smallest absolute Gasteiger partial charge is 0.0524 e. The number of hydrogen-bond donors (Lipinski definition) is 1. The SMILES string of the molecule is CCn1nccc1CN1CCNCC12CCCCC2. The molecular weight excluding hydrogens is 236 g/mol. The summed E-state index contributed by atoms with van der Waals surface area (Å²) in [6.45, 7) is 7.69. The normalized spacial score (nSPS) is 23.8. The third-order valence-corrected chi connectivity index (χ3v) is 4.92. The molecule has 1 aliphatic carbocycles. The first-order valence-electron chi connectivity index (χ1n) is 7.80. The first-order valence-corrected chi connectivity index (χ1v) is 7.80. The summed E-state index contributed by atoms with van der Waals surface area (Å²) in [5, 5.41) is 8.03. The highest BCUT2D eigenvalue weighted by Gasteiger charge is 2.39. The van der Waals surface area contributed by atoms with Crippen molar-refractivity contribution < 1.29 is 0 Å². The van der Waals surface area contributed by atoms with E-state index in [1.165, 1.54) is 50.9 Å².